The zero-order chi connectivity index (χ0) is 13.2. The minimum absolute atomic E-state index is 0. The molecule has 1 aromatic heterocycles. The molecule has 1 aliphatic heterocycles. The fourth-order valence-corrected chi connectivity index (χ4v) is 1.90. The number of hydrogen-bond acceptors (Lipinski definition) is 6. The fourth-order valence-electron chi connectivity index (χ4n) is 1.90. The molecule has 3 rings (SSSR count). The maximum Gasteiger partial charge on any atom is 0.337 e. The van der Waals surface area contributed by atoms with Gasteiger partial charge in [-0.25, -0.2) is 4.79 Å². The van der Waals surface area contributed by atoms with Gasteiger partial charge in [-0.05, 0) is 25.1 Å². The highest BCUT2D eigenvalue weighted by Gasteiger charge is 2.25. The summed E-state index contributed by atoms with van der Waals surface area (Å²) in [5.74, 6) is 0.686. The monoisotopic (exact) mass is 295 g/mol. The van der Waals surface area contributed by atoms with Crippen molar-refractivity contribution in [3.05, 3.63) is 35.7 Å². The zero-order valence-corrected chi connectivity index (χ0v) is 11.6. The topological polar surface area (TPSA) is 77.2 Å². The number of benzene rings is 1. The summed E-state index contributed by atoms with van der Waals surface area (Å²) in [4.78, 5) is 15.8. The van der Waals surface area contributed by atoms with Crippen molar-refractivity contribution in [2.75, 3.05) is 13.7 Å². The van der Waals surface area contributed by atoms with E-state index in [1.165, 1.54) is 7.11 Å². The van der Waals surface area contributed by atoms with Gasteiger partial charge >= 0.3 is 5.97 Å². The van der Waals surface area contributed by atoms with E-state index in [1.807, 2.05) is 6.07 Å². The molecular formula is C13H14ClN3O3. The molecule has 7 heteroatoms. The van der Waals surface area contributed by atoms with Crippen LogP contribution >= 0.6 is 12.4 Å². The SMILES string of the molecule is COC(=O)c1cccc(-c2noc([C@H]3CCN3)n2)c1.Cl. The number of halogens is 1. The van der Waals surface area contributed by atoms with Crippen LogP contribution in [0.25, 0.3) is 11.4 Å². The number of rotatable bonds is 3. The summed E-state index contributed by atoms with van der Waals surface area (Å²) in [6, 6.07) is 7.12. The number of esters is 1. The van der Waals surface area contributed by atoms with Crippen molar-refractivity contribution < 1.29 is 14.1 Å². The molecule has 1 saturated heterocycles. The van der Waals surface area contributed by atoms with E-state index in [2.05, 4.69) is 20.2 Å². The van der Waals surface area contributed by atoms with Crippen molar-refractivity contribution in [1.82, 2.24) is 15.5 Å². The van der Waals surface area contributed by atoms with E-state index in [-0.39, 0.29) is 24.4 Å². The van der Waals surface area contributed by atoms with Crippen LogP contribution in [0.5, 0.6) is 0 Å². The lowest BCUT2D eigenvalue weighted by molar-refractivity contribution is 0.0601. The molecule has 1 aromatic carbocycles. The second-order valence-corrected chi connectivity index (χ2v) is 4.32. The van der Waals surface area contributed by atoms with Crippen LogP contribution in [0.15, 0.2) is 28.8 Å². The molecule has 106 valence electrons. The van der Waals surface area contributed by atoms with E-state index in [0.29, 0.717) is 17.3 Å². The lowest BCUT2D eigenvalue weighted by Gasteiger charge is -2.23. The minimum Gasteiger partial charge on any atom is -0.465 e. The van der Waals surface area contributed by atoms with Crippen LogP contribution in [0.3, 0.4) is 0 Å². The third-order valence-electron chi connectivity index (χ3n) is 3.11. The van der Waals surface area contributed by atoms with Crippen LogP contribution in [-0.2, 0) is 4.74 Å². The summed E-state index contributed by atoms with van der Waals surface area (Å²) in [6.45, 7) is 0.972. The van der Waals surface area contributed by atoms with Crippen LogP contribution in [0.2, 0.25) is 0 Å². The molecule has 1 aliphatic rings. The molecule has 6 nitrogen and oxygen atoms in total. The molecule has 0 unspecified atom stereocenters. The molecular weight excluding hydrogens is 282 g/mol. The Hall–Kier alpha value is -1.92. The van der Waals surface area contributed by atoms with E-state index in [0.717, 1.165) is 18.5 Å². The van der Waals surface area contributed by atoms with Gasteiger partial charge in [0.1, 0.15) is 0 Å². The molecule has 1 N–H and O–H groups in total. The molecule has 20 heavy (non-hydrogen) atoms. The number of nitrogens with one attached hydrogen (secondary N) is 1. The molecule has 0 amide bonds. The first-order chi connectivity index (χ1) is 9.28. The van der Waals surface area contributed by atoms with Crippen molar-refractivity contribution in [2.24, 2.45) is 0 Å². The maximum atomic E-state index is 11.5. The number of carbonyl (C=O) groups is 1. The van der Waals surface area contributed by atoms with Crippen molar-refractivity contribution in [3.8, 4) is 11.4 Å². The van der Waals surface area contributed by atoms with Crippen LogP contribution in [0, 0.1) is 0 Å². The molecule has 2 heterocycles. The summed E-state index contributed by atoms with van der Waals surface area (Å²) >= 11 is 0. The molecule has 0 bridgehead atoms. The smallest absolute Gasteiger partial charge is 0.337 e. The van der Waals surface area contributed by atoms with Gasteiger partial charge in [0.25, 0.3) is 0 Å². The number of aromatic nitrogens is 2. The Morgan fingerprint density at radius 1 is 1.50 bits per heavy atom. The van der Waals surface area contributed by atoms with Gasteiger partial charge in [-0.1, -0.05) is 17.3 Å². The Balaban J connectivity index is 0.00000147. The number of carbonyl (C=O) groups excluding carboxylic acids is 1. The van der Waals surface area contributed by atoms with Gasteiger partial charge in [0.05, 0.1) is 18.7 Å². The van der Waals surface area contributed by atoms with E-state index < -0.39 is 0 Å². The predicted molar refractivity (Wildman–Crippen MR) is 73.7 cm³/mol. The standard InChI is InChI=1S/C13H13N3O3.ClH/c1-18-13(17)9-4-2-3-8(7-9)11-15-12(19-16-11)10-5-6-14-10;/h2-4,7,10,14H,5-6H2,1H3;1H/t10-;/m1./s1. The Kier molecular flexibility index (Phi) is 4.36. The lowest BCUT2D eigenvalue weighted by Crippen LogP contribution is -2.35. The predicted octanol–water partition coefficient (Wildman–Crippen LogP) is 1.98. The first kappa shape index (κ1) is 14.5. The van der Waals surface area contributed by atoms with Crippen molar-refractivity contribution >= 4 is 18.4 Å². The molecule has 0 saturated carbocycles. The van der Waals surface area contributed by atoms with Crippen LogP contribution < -0.4 is 5.32 Å². The first-order valence-corrected chi connectivity index (χ1v) is 6.03. The maximum absolute atomic E-state index is 11.5. The summed E-state index contributed by atoms with van der Waals surface area (Å²) in [5.41, 5.74) is 1.20. The van der Waals surface area contributed by atoms with Gasteiger partial charge in [0.15, 0.2) is 0 Å². The largest absolute Gasteiger partial charge is 0.465 e. The van der Waals surface area contributed by atoms with Gasteiger partial charge in [-0.3, -0.25) is 0 Å². The summed E-state index contributed by atoms with van der Waals surface area (Å²) in [5, 5.41) is 7.13. The van der Waals surface area contributed by atoms with E-state index in [4.69, 9.17) is 4.52 Å². The van der Waals surface area contributed by atoms with Crippen molar-refractivity contribution in [2.45, 2.75) is 12.5 Å². The highest BCUT2D eigenvalue weighted by Crippen LogP contribution is 2.24. The van der Waals surface area contributed by atoms with Crippen LogP contribution in [0.1, 0.15) is 28.7 Å². The van der Waals surface area contributed by atoms with Gasteiger partial charge in [-0.2, -0.15) is 4.98 Å². The van der Waals surface area contributed by atoms with Crippen molar-refractivity contribution in [3.63, 3.8) is 0 Å². The highest BCUT2D eigenvalue weighted by atomic mass is 35.5. The molecule has 0 aliphatic carbocycles. The fraction of sp³-hybridized carbons (Fsp3) is 0.308. The molecule has 2 aromatic rings. The normalized spacial score (nSPS) is 16.9. The first-order valence-electron chi connectivity index (χ1n) is 6.03. The van der Waals surface area contributed by atoms with Crippen LogP contribution in [-0.4, -0.2) is 29.8 Å². The van der Waals surface area contributed by atoms with Gasteiger partial charge < -0.3 is 14.6 Å². The van der Waals surface area contributed by atoms with E-state index >= 15 is 0 Å². The summed E-state index contributed by atoms with van der Waals surface area (Å²) < 4.78 is 9.89. The Bertz CT molecular complexity index is 610. The number of nitrogens with zero attached hydrogens (tertiary/aromatic N) is 2. The van der Waals surface area contributed by atoms with E-state index in [9.17, 15) is 4.79 Å². The van der Waals surface area contributed by atoms with Crippen molar-refractivity contribution in [1.29, 1.82) is 0 Å². The zero-order valence-electron chi connectivity index (χ0n) is 10.8. The molecule has 1 atom stereocenters. The Labute approximate surface area is 121 Å². The van der Waals surface area contributed by atoms with Crippen LogP contribution in [0.4, 0.5) is 0 Å². The third kappa shape index (κ3) is 2.66. The third-order valence-corrected chi connectivity index (χ3v) is 3.11. The minimum atomic E-state index is -0.383. The number of hydrogen-bond donors (Lipinski definition) is 1. The Morgan fingerprint density at radius 2 is 2.30 bits per heavy atom. The van der Waals surface area contributed by atoms with Gasteiger partial charge in [0, 0.05) is 5.56 Å². The van der Waals surface area contributed by atoms with Gasteiger partial charge in [0.2, 0.25) is 11.7 Å². The van der Waals surface area contributed by atoms with Gasteiger partial charge in [-0.15, -0.1) is 12.4 Å². The summed E-state index contributed by atoms with van der Waals surface area (Å²) in [7, 11) is 1.35. The Morgan fingerprint density at radius 3 is 2.95 bits per heavy atom. The molecule has 0 radical (unpaired) electrons. The highest BCUT2D eigenvalue weighted by molar-refractivity contribution is 5.90. The second kappa shape index (κ2) is 6.02. The second-order valence-electron chi connectivity index (χ2n) is 4.32. The molecule has 1 fully saturated rings. The average Bonchev–Trinajstić information content (AvgIpc) is 2.85. The number of methoxy groups -OCH3 is 1. The quantitative estimate of drug-likeness (QED) is 0.873. The average molecular weight is 296 g/mol. The molecule has 0 spiro atoms. The lowest BCUT2D eigenvalue weighted by atomic mass is 10.1. The summed E-state index contributed by atoms with van der Waals surface area (Å²) in [6.07, 6.45) is 1.00. The van der Waals surface area contributed by atoms with E-state index in [1.54, 1.807) is 18.2 Å². The number of ether oxygens (including phenoxy) is 1.